The molecule has 2 bridgehead atoms. The molecule has 3 heteroatoms. The van der Waals surface area contributed by atoms with Crippen molar-refractivity contribution >= 4 is 5.82 Å². The van der Waals surface area contributed by atoms with E-state index < -0.39 is 0 Å². The maximum absolute atomic E-state index is 4.53. The summed E-state index contributed by atoms with van der Waals surface area (Å²) in [6.07, 6.45) is 7.25. The third kappa shape index (κ3) is 2.44. The lowest BCUT2D eigenvalue weighted by atomic mass is 9.99. The third-order valence-electron chi connectivity index (χ3n) is 4.06. The van der Waals surface area contributed by atoms with Crippen molar-refractivity contribution in [2.75, 3.05) is 31.1 Å². The summed E-state index contributed by atoms with van der Waals surface area (Å²) in [5.41, 5.74) is 0. The summed E-state index contributed by atoms with van der Waals surface area (Å²) in [4.78, 5) is 9.68. The molecule has 3 saturated heterocycles. The van der Waals surface area contributed by atoms with E-state index in [-0.39, 0.29) is 0 Å². The second kappa shape index (κ2) is 5.05. The molecule has 92 valence electrons. The minimum Gasteiger partial charge on any atom is -0.352 e. The molecular formula is C14H21N3. The number of rotatable bonds is 1. The van der Waals surface area contributed by atoms with Gasteiger partial charge in [-0.05, 0) is 50.9 Å². The highest BCUT2D eigenvalue weighted by molar-refractivity contribution is 5.39. The molecule has 17 heavy (non-hydrogen) atoms. The molecule has 1 aromatic heterocycles. The van der Waals surface area contributed by atoms with Gasteiger partial charge in [0.15, 0.2) is 0 Å². The average molecular weight is 231 g/mol. The average Bonchev–Trinajstić information content (AvgIpc) is 2.28. The Labute approximate surface area is 103 Å². The molecule has 0 spiro atoms. The molecular weight excluding hydrogens is 210 g/mol. The molecule has 3 aliphatic heterocycles. The van der Waals surface area contributed by atoms with Gasteiger partial charge in [0.05, 0.1) is 0 Å². The number of hydrogen-bond donors (Lipinski definition) is 0. The molecule has 3 aliphatic rings. The first-order valence-corrected chi connectivity index (χ1v) is 6.83. The van der Waals surface area contributed by atoms with Gasteiger partial charge in [-0.1, -0.05) is 6.07 Å². The van der Waals surface area contributed by atoms with Crippen LogP contribution in [0.4, 0.5) is 5.82 Å². The number of pyridine rings is 1. The lowest BCUT2D eigenvalue weighted by molar-refractivity contribution is 0.217. The zero-order chi connectivity index (χ0) is 11.5. The van der Waals surface area contributed by atoms with E-state index in [4.69, 9.17) is 0 Å². The molecule has 0 saturated carbocycles. The van der Waals surface area contributed by atoms with Crippen molar-refractivity contribution in [3.05, 3.63) is 24.4 Å². The predicted molar refractivity (Wildman–Crippen MR) is 70.3 cm³/mol. The Bertz CT molecular complexity index is 342. The van der Waals surface area contributed by atoms with Gasteiger partial charge in [-0.2, -0.15) is 0 Å². The van der Waals surface area contributed by atoms with Gasteiger partial charge in [-0.25, -0.2) is 4.98 Å². The van der Waals surface area contributed by atoms with Crippen LogP contribution in [0.2, 0.25) is 0 Å². The standard InChI is InChI=1S/C14H21N3/c1-2-8-15-14(7-1)17-12-11-16-9-3-5-13(17)6-4-10-16/h1-2,7-8,13H,3-6,9-12H2. The van der Waals surface area contributed by atoms with E-state index in [1.807, 2.05) is 12.3 Å². The van der Waals surface area contributed by atoms with Crippen molar-refractivity contribution in [3.63, 3.8) is 0 Å². The van der Waals surface area contributed by atoms with Gasteiger partial charge in [0, 0.05) is 25.3 Å². The van der Waals surface area contributed by atoms with Gasteiger partial charge >= 0.3 is 0 Å². The topological polar surface area (TPSA) is 19.4 Å². The molecule has 3 fully saturated rings. The predicted octanol–water partition coefficient (Wildman–Crippen LogP) is 2.15. The second-order valence-electron chi connectivity index (χ2n) is 5.16. The first kappa shape index (κ1) is 11.0. The maximum atomic E-state index is 4.53. The fraction of sp³-hybridized carbons (Fsp3) is 0.643. The summed E-state index contributed by atoms with van der Waals surface area (Å²) in [7, 11) is 0. The van der Waals surface area contributed by atoms with E-state index in [2.05, 4.69) is 26.9 Å². The van der Waals surface area contributed by atoms with Crippen LogP contribution in [0.25, 0.3) is 0 Å². The zero-order valence-corrected chi connectivity index (χ0v) is 10.4. The van der Waals surface area contributed by atoms with Crippen LogP contribution in [0.5, 0.6) is 0 Å². The molecule has 3 nitrogen and oxygen atoms in total. The molecule has 0 radical (unpaired) electrons. The Balaban J connectivity index is 1.83. The molecule has 0 unspecified atom stereocenters. The SMILES string of the molecule is c1ccc(N2CCN3CCCC2CCC3)nc1. The smallest absolute Gasteiger partial charge is 0.128 e. The van der Waals surface area contributed by atoms with E-state index in [1.54, 1.807) is 0 Å². The summed E-state index contributed by atoms with van der Waals surface area (Å²) in [5.74, 6) is 1.17. The number of anilines is 1. The minimum absolute atomic E-state index is 0.715. The Hall–Kier alpha value is -1.09. The minimum atomic E-state index is 0.715. The van der Waals surface area contributed by atoms with Gasteiger partial charge in [-0.3, -0.25) is 0 Å². The molecule has 0 atom stereocenters. The highest BCUT2D eigenvalue weighted by Crippen LogP contribution is 2.24. The lowest BCUT2D eigenvalue weighted by Gasteiger charge is -2.40. The van der Waals surface area contributed by atoms with E-state index >= 15 is 0 Å². The fourth-order valence-electron chi connectivity index (χ4n) is 3.15. The molecule has 4 rings (SSSR count). The van der Waals surface area contributed by atoms with Crippen molar-refractivity contribution in [1.29, 1.82) is 0 Å². The van der Waals surface area contributed by atoms with Crippen molar-refractivity contribution in [1.82, 2.24) is 9.88 Å². The van der Waals surface area contributed by atoms with Crippen LogP contribution in [0.1, 0.15) is 25.7 Å². The Kier molecular flexibility index (Phi) is 3.27. The summed E-state index contributed by atoms with van der Waals surface area (Å²) in [5, 5.41) is 0. The first-order chi connectivity index (χ1) is 8.43. The van der Waals surface area contributed by atoms with Gasteiger partial charge < -0.3 is 9.80 Å². The van der Waals surface area contributed by atoms with Crippen LogP contribution in [0.15, 0.2) is 24.4 Å². The number of aromatic nitrogens is 1. The highest BCUT2D eigenvalue weighted by atomic mass is 15.3. The monoisotopic (exact) mass is 231 g/mol. The summed E-state index contributed by atoms with van der Waals surface area (Å²) in [6, 6.07) is 6.97. The van der Waals surface area contributed by atoms with Crippen LogP contribution in [-0.4, -0.2) is 42.1 Å². The van der Waals surface area contributed by atoms with Crippen LogP contribution in [-0.2, 0) is 0 Å². The molecule has 1 aromatic rings. The number of hydrogen-bond acceptors (Lipinski definition) is 3. The number of nitrogens with zero attached hydrogens (tertiary/aromatic N) is 3. The number of fused-ring (bicyclic) bond motifs is 6. The second-order valence-corrected chi connectivity index (χ2v) is 5.16. The van der Waals surface area contributed by atoms with Crippen molar-refractivity contribution in [2.24, 2.45) is 0 Å². The first-order valence-electron chi connectivity index (χ1n) is 6.83. The van der Waals surface area contributed by atoms with Crippen molar-refractivity contribution < 1.29 is 0 Å². The molecule has 0 amide bonds. The van der Waals surface area contributed by atoms with Gasteiger partial charge in [0.1, 0.15) is 5.82 Å². The van der Waals surface area contributed by atoms with Gasteiger partial charge in [0.25, 0.3) is 0 Å². The molecule has 0 aliphatic carbocycles. The van der Waals surface area contributed by atoms with E-state index in [1.165, 1.54) is 51.1 Å². The molecule has 4 heterocycles. The maximum Gasteiger partial charge on any atom is 0.128 e. The van der Waals surface area contributed by atoms with E-state index in [9.17, 15) is 0 Å². The van der Waals surface area contributed by atoms with E-state index in [0.717, 1.165) is 6.54 Å². The fourth-order valence-corrected chi connectivity index (χ4v) is 3.15. The van der Waals surface area contributed by atoms with E-state index in [0.29, 0.717) is 6.04 Å². The van der Waals surface area contributed by atoms with Crippen LogP contribution in [0, 0.1) is 0 Å². The highest BCUT2D eigenvalue weighted by Gasteiger charge is 2.25. The summed E-state index contributed by atoms with van der Waals surface area (Å²) < 4.78 is 0. The summed E-state index contributed by atoms with van der Waals surface area (Å²) >= 11 is 0. The van der Waals surface area contributed by atoms with Crippen LogP contribution in [0.3, 0.4) is 0 Å². The lowest BCUT2D eigenvalue weighted by Crippen LogP contribution is -2.47. The van der Waals surface area contributed by atoms with Gasteiger partial charge in [0.2, 0.25) is 0 Å². The van der Waals surface area contributed by atoms with Crippen LogP contribution < -0.4 is 4.90 Å². The Morgan fingerprint density at radius 1 is 1.00 bits per heavy atom. The third-order valence-corrected chi connectivity index (χ3v) is 4.06. The molecule has 0 aromatic carbocycles. The van der Waals surface area contributed by atoms with Crippen molar-refractivity contribution in [2.45, 2.75) is 31.7 Å². The van der Waals surface area contributed by atoms with Gasteiger partial charge in [-0.15, -0.1) is 0 Å². The largest absolute Gasteiger partial charge is 0.352 e. The van der Waals surface area contributed by atoms with Crippen LogP contribution >= 0.6 is 0 Å². The zero-order valence-electron chi connectivity index (χ0n) is 10.4. The Morgan fingerprint density at radius 3 is 2.53 bits per heavy atom. The van der Waals surface area contributed by atoms with Crippen molar-refractivity contribution in [3.8, 4) is 0 Å². The Morgan fingerprint density at radius 2 is 1.82 bits per heavy atom. The quantitative estimate of drug-likeness (QED) is 0.738. The summed E-state index contributed by atoms with van der Waals surface area (Å²) in [6.45, 7) is 4.94. The normalized spacial score (nSPS) is 29.5. The molecule has 0 N–H and O–H groups in total.